The molecule has 3 rings (SSSR count). The molecule has 1 heterocycles. The van der Waals surface area contributed by atoms with Crippen molar-refractivity contribution >= 4 is 11.0 Å². The van der Waals surface area contributed by atoms with E-state index >= 15 is 0 Å². The molecule has 0 fully saturated rings. The average molecular weight is 367 g/mol. The summed E-state index contributed by atoms with van der Waals surface area (Å²) < 4.78 is 8.01. The summed E-state index contributed by atoms with van der Waals surface area (Å²) in [6.45, 7) is 9.67. The van der Waals surface area contributed by atoms with Gasteiger partial charge in [0.05, 0.1) is 17.6 Å². The van der Waals surface area contributed by atoms with Gasteiger partial charge in [0.1, 0.15) is 17.7 Å². The van der Waals surface area contributed by atoms with Gasteiger partial charge >= 0.3 is 0 Å². The second-order valence-electron chi connectivity index (χ2n) is 7.28. The lowest BCUT2D eigenvalue weighted by Gasteiger charge is -2.12. The van der Waals surface area contributed by atoms with Crippen LogP contribution in [-0.2, 0) is 13.0 Å². The number of fused-ring (bicyclic) bond motifs is 1. The number of benzene rings is 2. The van der Waals surface area contributed by atoms with Crippen LogP contribution in [0.5, 0.6) is 5.75 Å². The third-order valence-corrected chi connectivity index (χ3v) is 5.14. The number of imidazole rings is 1. The van der Waals surface area contributed by atoms with Crippen LogP contribution < -0.4 is 4.74 Å². The summed E-state index contributed by atoms with van der Waals surface area (Å²) in [5.74, 6) is 1.67. The molecular formula is C23H30N2O2. The predicted octanol–water partition coefficient (Wildman–Crippen LogP) is 5.13. The molecule has 0 bridgehead atoms. The number of aryl methyl sites for hydroxylation is 4. The standard InChI is InChI=1S/C23H30N2O2/c1-5-19-8-10-20(11-9-19)27-13-7-6-12-25-22-15-17(3)16(2)14-21(22)24-23(25)18(4)26/h8-11,14-15,18,26H,5-7,12-13H2,1-4H3. The number of aromatic nitrogens is 2. The van der Waals surface area contributed by atoms with Gasteiger partial charge in [-0.3, -0.25) is 0 Å². The van der Waals surface area contributed by atoms with Gasteiger partial charge in [0.25, 0.3) is 0 Å². The van der Waals surface area contributed by atoms with Crippen molar-refractivity contribution in [2.45, 2.75) is 59.6 Å². The van der Waals surface area contributed by atoms with E-state index in [1.807, 2.05) is 12.1 Å². The topological polar surface area (TPSA) is 47.3 Å². The van der Waals surface area contributed by atoms with Gasteiger partial charge in [0.2, 0.25) is 0 Å². The largest absolute Gasteiger partial charge is 0.494 e. The van der Waals surface area contributed by atoms with Crippen molar-refractivity contribution in [3.8, 4) is 5.75 Å². The Labute approximate surface area is 161 Å². The van der Waals surface area contributed by atoms with Crippen LogP contribution in [0.1, 0.15) is 55.3 Å². The molecule has 0 saturated heterocycles. The second kappa shape index (κ2) is 8.57. The summed E-state index contributed by atoms with van der Waals surface area (Å²) >= 11 is 0. The summed E-state index contributed by atoms with van der Waals surface area (Å²) in [6, 6.07) is 12.6. The third kappa shape index (κ3) is 4.51. The van der Waals surface area contributed by atoms with E-state index in [2.05, 4.69) is 54.6 Å². The summed E-state index contributed by atoms with van der Waals surface area (Å²) in [6.07, 6.45) is 2.40. The Morgan fingerprint density at radius 1 is 1.07 bits per heavy atom. The lowest BCUT2D eigenvalue weighted by molar-refractivity contribution is 0.184. The van der Waals surface area contributed by atoms with Crippen LogP contribution in [0.15, 0.2) is 36.4 Å². The number of hydrogen-bond acceptors (Lipinski definition) is 3. The van der Waals surface area contributed by atoms with Crippen LogP contribution in [-0.4, -0.2) is 21.3 Å². The van der Waals surface area contributed by atoms with Gasteiger partial charge in [-0.2, -0.15) is 0 Å². The first-order valence-electron chi connectivity index (χ1n) is 9.86. The molecule has 0 aliphatic heterocycles. The van der Waals surface area contributed by atoms with Gasteiger partial charge in [-0.1, -0.05) is 19.1 Å². The van der Waals surface area contributed by atoms with E-state index in [0.29, 0.717) is 6.61 Å². The van der Waals surface area contributed by atoms with Crippen molar-refractivity contribution in [2.24, 2.45) is 0 Å². The van der Waals surface area contributed by atoms with E-state index in [4.69, 9.17) is 4.74 Å². The third-order valence-electron chi connectivity index (χ3n) is 5.14. The zero-order valence-electron chi connectivity index (χ0n) is 16.8. The molecule has 2 aromatic carbocycles. The van der Waals surface area contributed by atoms with Crippen molar-refractivity contribution in [1.82, 2.24) is 9.55 Å². The summed E-state index contributed by atoms with van der Waals surface area (Å²) in [4.78, 5) is 4.66. The van der Waals surface area contributed by atoms with Gasteiger partial charge in [-0.15, -0.1) is 0 Å². The molecule has 144 valence electrons. The molecule has 1 aromatic heterocycles. The molecular weight excluding hydrogens is 336 g/mol. The predicted molar refractivity (Wildman–Crippen MR) is 110 cm³/mol. The number of hydrogen-bond donors (Lipinski definition) is 1. The summed E-state index contributed by atoms with van der Waals surface area (Å²) in [7, 11) is 0. The number of unbranched alkanes of at least 4 members (excludes halogenated alkanes) is 1. The highest BCUT2D eigenvalue weighted by atomic mass is 16.5. The van der Waals surface area contributed by atoms with Crippen LogP contribution in [0.3, 0.4) is 0 Å². The zero-order valence-corrected chi connectivity index (χ0v) is 16.8. The second-order valence-corrected chi connectivity index (χ2v) is 7.28. The van der Waals surface area contributed by atoms with Gasteiger partial charge in [-0.05, 0) is 81.0 Å². The van der Waals surface area contributed by atoms with E-state index < -0.39 is 6.10 Å². The number of ether oxygens (including phenoxy) is 1. The molecule has 0 aliphatic rings. The molecule has 0 amide bonds. The average Bonchev–Trinajstić information content (AvgIpc) is 3.00. The molecule has 0 aliphatic carbocycles. The fraction of sp³-hybridized carbons (Fsp3) is 0.435. The molecule has 3 aromatic rings. The maximum absolute atomic E-state index is 10.1. The van der Waals surface area contributed by atoms with Gasteiger partial charge in [-0.25, -0.2) is 4.98 Å². The molecule has 4 nitrogen and oxygen atoms in total. The Balaban J connectivity index is 1.62. The van der Waals surface area contributed by atoms with Crippen molar-refractivity contribution in [3.05, 3.63) is 58.9 Å². The van der Waals surface area contributed by atoms with E-state index in [-0.39, 0.29) is 0 Å². The minimum absolute atomic E-state index is 0.577. The van der Waals surface area contributed by atoms with Gasteiger partial charge < -0.3 is 14.4 Å². The van der Waals surface area contributed by atoms with Crippen molar-refractivity contribution < 1.29 is 9.84 Å². The number of aliphatic hydroxyl groups excluding tert-OH is 1. The molecule has 0 radical (unpaired) electrons. The van der Waals surface area contributed by atoms with Crippen LogP contribution in [0, 0.1) is 13.8 Å². The van der Waals surface area contributed by atoms with E-state index in [0.717, 1.165) is 48.4 Å². The summed E-state index contributed by atoms with van der Waals surface area (Å²) in [5.41, 5.74) is 5.86. The highest BCUT2D eigenvalue weighted by Gasteiger charge is 2.15. The molecule has 1 N–H and O–H groups in total. The first-order chi connectivity index (χ1) is 13.0. The Kier molecular flexibility index (Phi) is 6.17. The minimum atomic E-state index is -0.577. The van der Waals surface area contributed by atoms with E-state index in [1.54, 1.807) is 6.92 Å². The zero-order chi connectivity index (χ0) is 19.4. The minimum Gasteiger partial charge on any atom is -0.494 e. The van der Waals surface area contributed by atoms with Crippen LogP contribution in [0.4, 0.5) is 0 Å². The molecule has 1 atom stereocenters. The van der Waals surface area contributed by atoms with Crippen LogP contribution in [0.2, 0.25) is 0 Å². The number of nitrogens with zero attached hydrogens (tertiary/aromatic N) is 2. The van der Waals surface area contributed by atoms with Gasteiger partial charge in [0, 0.05) is 6.54 Å². The van der Waals surface area contributed by atoms with Crippen molar-refractivity contribution in [1.29, 1.82) is 0 Å². The highest BCUT2D eigenvalue weighted by Crippen LogP contribution is 2.24. The van der Waals surface area contributed by atoms with E-state index in [1.165, 1.54) is 16.7 Å². The van der Waals surface area contributed by atoms with Gasteiger partial charge in [0.15, 0.2) is 0 Å². The Morgan fingerprint density at radius 2 is 1.78 bits per heavy atom. The molecule has 0 saturated carbocycles. The lowest BCUT2D eigenvalue weighted by Crippen LogP contribution is -2.08. The Bertz CT molecular complexity index is 895. The lowest BCUT2D eigenvalue weighted by atomic mass is 10.1. The Morgan fingerprint density at radius 3 is 2.44 bits per heavy atom. The van der Waals surface area contributed by atoms with Crippen LogP contribution >= 0.6 is 0 Å². The SMILES string of the molecule is CCc1ccc(OCCCCn2c(C(C)O)nc3cc(C)c(C)cc32)cc1. The first kappa shape index (κ1) is 19.4. The Hall–Kier alpha value is -2.33. The normalized spacial score (nSPS) is 12.5. The van der Waals surface area contributed by atoms with Crippen molar-refractivity contribution in [2.75, 3.05) is 6.61 Å². The van der Waals surface area contributed by atoms with Crippen molar-refractivity contribution in [3.63, 3.8) is 0 Å². The molecule has 1 unspecified atom stereocenters. The van der Waals surface area contributed by atoms with Crippen LogP contribution in [0.25, 0.3) is 11.0 Å². The quantitative estimate of drug-likeness (QED) is 0.562. The first-order valence-corrected chi connectivity index (χ1v) is 9.86. The maximum Gasteiger partial charge on any atom is 0.138 e. The maximum atomic E-state index is 10.1. The smallest absolute Gasteiger partial charge is 0.138 e. The fourth-order valence-electron chi connectivity index (χ4n) is 3.34. The molecule has 27 heavy (non-hydrogen) atoms. The fourth-order valence-corrected chi connectivity index (χ4v) is 3.34. The number of aliphatic hydroxyl groups is 1. The number of rotatable bonds is 8. The molecule has 0 spiro atoms. The monoisotopic (exact) mass is 366 g/mol. The molecule has 4 heteroatoms. The highest BCUT2D eigenvalue weighted by molar-refractivity contribution is 5.78. The summed E-state index contributed by atoms with van der Waals surface area (Å²) in [5, 5.41) is 10.1. The van der Waals surface area contributed by atoms with E-state index in [9.17, 15) is 5.11 Å².